The molecular weight excluding hydrogens is 440 g/mol. The van der Waals surface area contributed by atoms with Crippen molar-refractivity contribution >= 4 is 23.0 Å². The van der Waals surface area contributed by atoms with Crippen LogP contribution in [0.5, 0.6) is 5.75 Å². The van der Waals surface area contributed by atoms with Gasteiger partial charge in [-0.15, -0.1) is 0 Å². The summed E-state index contributed by atoms with van der Waals surface area (Å²) in [6.07, 6.45) is 1.84. The fraction of sp³-hybridized carbons (Fsp3) is 0.214. The van der Waals surface area contributed by atoms with Crippen molar-refractivity contribution in [3.8, 4) is 11.4 Å². The quantitative estimate of drug-likeness (QED) is 0.365. The number of ether oxygens (including phenoxy) is 1. The summed E-state index contributed by atoms with van der Waals surface area (Å²) in [4.78, 5) is 6.91. The Morgan fingerprint density at radius 3 is 2.26 bits per heavy atom. The van der Waals surface area contributed by atoms with Crippen molar-refractivity contribution in [2.75, 3.05) is 12.0 Å². The van der Waals surface area contributed by atoms with Crippen LogP contribution in [0.15, 0.2) is 79.0 Å². The number of rotatable bonds is 5. The Morgan fingerprint density at radius 2 is 1.62 bits per heavy atom. The maximum atomic E-state index is 5.88. The van der Waals surface area contributed by atoms with E-state index in [4.69, 9.17) is 17.0 Å². The molecule has 2 aromatic carbocycles. The maximum Gasteiger partial charge on any atom is 0.174 e. The second-order valence-electron chi connectivity index (χ2n) is 8.69. The number of hydrogen-bond donors (Lipinski definition) is 1. The number of nitrogens with one attached hydrogen (secondary N) is 1. The van der Waals surface area contributed by atoms with E-state index in [9.17, 15) is 0 Å². The van der Waals surface area contributed by atoms with Crippen molar-refractivity contribution in [2.45, 2.75) is 32.9 Å². The van der Waals surface area contributed by atoms with E-state index in [1.807, 2.05) is 30.5 Å². The molecule has 1 fully saturated rings. The maximum absolute atomic E-state index is 5.88. The minimum Gasteiger partial charge on any atom is -0.497 e. The summed E-state index contributed by atoms with van der Waals surface area (Å²) < 4.78 is 7.64. The Hall–Kier alpha value is -3.64. The largest absolute Gasteiger partial charge is 0.497 e. The Labute approximate surface area is 206 Å². The van der Waals surface area contributed by atoms with Crippen molar-refractivity contribution in [3.05, 3.63) is 107 Å². The van der Waals surface area contributed by atoms with E-state index in [0.717, 1.165) is 22.8 Å². The van der Waals surface area contributed by atoms with Crippen LogP contribution in [0.2, 0.25) is 0 Å². The minimum absolute atomic E-state index is 0.0386. The Morgan fingerprint density at radius 1 is 0.912 bits per heavy atom. The number of aryl methyl sites for hydroxylation is 2. The van der Waals surface area contributed by atoms with Gasteiger partial charge in [-0.3, -0.25) is 4.98 Å². The highest BCUT2D eigenvalue weighted by molar-refractivity contribution is 7.80. The molecule has 0 spiro atoms. The number of thiocarbonyl (C=S) groups is 1. The average Bonchev–Trinajstić information content (AvgIpc) is 3.35. The summed E-state index contributed by atoms with van der Waals surface area (Å²) in [5, 5.41) is 4.27. The first-order valence-corrected chi connectivity index (χ1v) is 11.8. The smallest absolute Gasteiger partial charge is 0.174 e. The topological polar surface area (TPSA) is 42.3 Å². The highest BCUT2D eigenvalue weighted by Gasteiger charge is 2.42. The molecule has 1 aliphatic heterocycles. The molecule has 0 saturated carbocycles. The highest BCUT2D eigenvalue weighted by atomic mass is 32.1. The minimum atomic E-state index is -0.0696. The molecule has 172 valence electrons. The molecule has 0 aliphatic carbocycles. The Kier molecular flexibility index (Phi) is 5.84. The van der Waals surface area contributed by atoms with Gasteiger partial charge in [-0.05, 0) is 93.1 Å². The van der Waals surface area contributed by atoms with Gasteiger partial charge in [0.2, 0.25) is 0 Å². The Balaban J connectivity index is 1.65. The number of benzene rings is 2. The highest BCUT2D eigenvalue weighted by Crippen LogP contribution is 2.43. The van der Waals surface area contributed by atoms with Gasteiger partial charge in [0.25, 0.3) is 0 Å². The lowest BCUT2D eigenvalue weighted by atomic mass is 9.96. The lowest BCUT2D eigenvalue weighted by molar-refractivity contribution is 0.414. The molecule has 2 aromatic heterocycles. The predicted octanol–water partition coefficient (Wildman–Crippen LogP) is 5.98. The summed E-state index contributed by atoms with van der Waals surface area (Å²) in [5.41, 5.74) is 7.93. The van der Waals surface area contributed by atoms with E-state index < -0.39 is 0 Å². The third-order valence-electron chi connectivity index (χ3n) is 6.53. The first-order chi connectivity index (χ1) is 16.5. The molecule has 1 N–H and O–H groups in total. The molecule has 3 heterocycles. The van der Waals surface area contributed by atoms with Gasteiger partial charge < -0.3 is 19.5 Å². The molecule has 0 radical (unpaired) electrons. The summed E-state index contributed by atoms with van der Waals surface area (Å²) in [7, 11) is 1.69. The molecule has 5 nitrogen and oxygen atoms in total. The lowest BCUT2D eigenvalue weighted by Crippen LogP contribution is -2.29. The van der Waals surface area contributed by atoms with Crippen molar-refractivity contribution < 1.29 is 4.74 Å². The van der Waals surface area contributed by atoms with Crippen LogP contribution < -0.4 is 15.0 Å². The van der Waals surface area contributed by atoms with Crippen molar-refractivity contribution in [2.24, 2.45) is 0 Å². The fourth-order valence-electron chi connectivity index (χ4n) is 4.87. The lowest BCUT2D eigenvalue weighted by Gasteiger charge is -2.28. The zero-order valence-electron chi connectivity index (χ0n) is 19.8. The zero-order valence-corrected chi connectivity index (χ0v) is 20.6. The van der Waals surface area contributed by atoms with Crippen LogP contribution in [-0.2, 0) is 0 Å². The normalized spacial score (nSPS) is 17.6. The number of pyridine rings is 1. The number of methoxy groups -OCH3 is 1. The van der Waals surface area contributed by atoms with Crippen LogP contribution in [0.25, 0.3) is 5.69 Å². The van der Waals surface area contributed by atoms with Crippen molar-refractivity contribution in [3.63, 3.8) is 0 Å². The molecule has 2 unspecified atom stereocenters. The van der Waals surface area contributed by atoms with Gasteiger partial charge in [-0.1, -0.05) is 23.8 Å². The second-order valence-corrected chi connectivity index (χ2v) is 9.08. The van der Waals surface area contributed by atoms with E-state index in [2.05, 4.69) is 89.1 Å². The molecule has 4 aromatic rings. The SMILES string of the molecule is COc1ccc(-n2c(C)cc(C3C(c4ccccn4)NC(=S)N3c3ccc(C)cc3)c2C)cc1. The molecule has 5 rings (SSSR count). The summed E-state index contributed by atoms with van der Waals surface area (Å²) in [5.74, 6) is 0.845. The van der Waals surface area contributed by atoms with Gasteiger partial charge in [0, 0.05) is 29.0 Å². The van der Waals surface area contributed by atoms with E-state index in [0.29, 0.717) is 5.11 Å². The van der Waals surface area contributed by atoms with Crippen LogP contribution in [-0.4, -0.2) is 21.8 Å². The fourth-order valence-corrected chi connectivity index (χ4v) is 5.22. The zero-order chi connectivity index (χ0) is 23.8. The predicted molar refractivity (Wildman–Crippen MR) is 141 cm³/mol. The van der Waals surface area contributed by atoms with Gasteiger partial charge in [0.15, 0.2) is 5.11 Å². The molecule has 1 aliphatic rings. The van der Waals surface area contributed by atoms with Gasteiger partial charge in [0.1, 0.15) is 5.75 Å². The number of aromatic nitrogens is 2. The monoisotopic (exact) mass is 468 g/mol. The van der Waals surface area contributed by atoms with Crippen LogP contribution in [0.1, 0.15) is 40.3 Å². The standard InChI is InChI=1S/C28H28N4OS/c1-18-8-10-22(11-9-18)32-27(26(30-28(32)34)25-7-5-6-16-29-25)24-17-19(2)31(20(24)3)21-12-14-23(33-4)15-13-21/h5-17,26-27H,1-4H3,(H,30,34). The third-order valence-corrected chi connectivity index (χ3v) is 6.84. The molecule has 6 heteroatoms. The van der Waals surface area contributed by atoms with Gasteiger partial charge in [-0.2, -0.15) is 0 Å². The van der Waals surface area contributed by atoms with Crippen molar-refractivity contribution in [1.82, 2.24) is 14.9 Å². The number of nitrogens with zero attached hydrogens (tertiary/aromatic N) is 3. The number of hydrogen-bond acceptors (Lipinski definition) is 3. The van der Waals surface area contributed by atoms with E-state index >= 15 is 0 Å². The molecule has 1 saturated heterocycles. The van der Waals surface area contributed by atoms with Gasteiger partial charge >= 0.3 is 0 Å². The molecule has 34 heavy (non-hydrogen) atoms. The number of anilines is 1. The van der Waals surface area contributed by atoms with E-state index in [1.165, 1.54) is 22.5 Å². The van der Waals surface area contributed by atoms with Crippen LogP contribution in [0, 0.1) is 20.8 Å². The van der Waals surface area contributed by atoms with E-state index in [-0.39, 0.29) is 12.1 Å². The van der Waals surface area contributed by atoms with Crippen LogP contribution in [0.4, 0.5) is 5.69 Å². The molecular formula is C28H28N4OS. The van der Waals surface area contributed by atoms with Gasteiger partial charge in [0.05, 0.1) is 24.9 Å². The summed E-state index contributed by atoms with van der Waals surface area (Å²) in [6.45, 7) is 6.42. The first kappa shape index (κ1) is 22.2. The van der Waals surface area contributed by atoms with Crippen LogP contribution >= 0.6 is 12.2 Å². The average molecular weight is 469 g/mol. The Bertz CT molecular complexity index is 1310. The van der Waals surface area contributed by atoms with Crippen molar-refractivity contribution in [1.29, 1.82) is 0 Å². The summed E-state index contributed by atoms with van der Waals surface area (Å²) in [6, 6.07) is 24.9. The summed E-state index contributed by atoms with van der Waals surface area (Å²) >= 11 is 5.88. The first-order valence-electron chi connectivity index (χ1n) is 11.4. The second kappa shape index (κ2) is 8.95. The van der Waals surface area contributed by atoms with E-state index in [1.54, 1.807) is 7.11 Å². The molecule has 2 atom stereocenters. The molecule has 0 amide bonds. The molecule has 0 bridgehead atoms. The van der Waals surface area contributed by atoms with Gasteiger partial charge in [-0.25, -0.2) is 0 Å². The van der Waals surface area contributed by atoms with Crippen LogP contribution in [0.3, 0.4) is 0 Å². The third kappa shape index (κ3) is 3.84.